The summed E-state index contributed by atoms with van der Waals surface area (Å²) in [5.41, 5.74) is 0. The largest absolute Gasteiger partial charge is 0.354 e. The molecule has 0 saturated heterocycles. The molecule has 1 rings (SSSR count). The monoisotopic (exact) mass is 390 g/mol. The molecule has 0 unspecified atom stereocenters. The van der Waals surface area contributed by atoms with Crippen LogP contribution in [0.15, 0.2) is 0 Å². The summed E-state index contributed by atoms with van der Waals surface area (Å²) in [5.74, 6) is 1.02. The fourth-order valence-electron chi connectivity index (χ4n) is 1.93. The molecule has 27 heavy (non-hydrogen) atoms. The third-order valence-corrected chi connectivity index (χ3v) is 3.49. The smallest absolute Gasteiger partial charge is 0.229 e. The van der Waals surface area contributed by atoms with Gasteiger partial charge in [-0.15, -0.1) is 0 Å². The third-order valence-electron chi connectivity index (χ3n) is 3.49. The van der Waals surface area contributed by atoms with Crippen LogP contribution in [-0.4, -0.2) is 96.1 Å². The van der Waals surface area contributed by atoms with Crippen molar-refractivity contribution in [2.75, 3.05) is 78.2 Å². The van der Waals surface area contributed by atoms with E-state index < -0.39 is 18.9 Å². The van der Waals surface area contributed by atoms with Crippen LogP contribution in [0.4, 0.5) is 17.8 Å². The van der Waals surface area contributed by atoms with Crippen molar-refractivity contribution < 1.29 is 28.4 Å². The first kappa shape index (κ1) is 23.2. The molecule has 0 aromatic carbocycles. The Labute approximate surface area is 159 Å². The molecule has 12 nitrogen and oxygen atoms in total. The van der Waals surface area contributed by atoms with E-state index in [9.17, 15) is 0 Å². The summed E-state index contributed by atoms with van der Waals surface area (Å²) in [4.78, 5) is 12.9. The van der Waals surface area contributed by atoms with Gasteiger partial charge >= 0.3 is 0 Å². The van der Waals surface area contributed by atoms with Gasteiger partial charge in [0.2, 0.25) is 17.8 Å². The zero-order chi connectivity index (χ0) is 20.1. The quantitative estimate of drug-likeness (QED) is 0.347. The van der Waals surface area contributed by atoms with Gasteiger partial charge in [-0.25, -0.2) is 0 Å². The zero-order valence-corrected chi connectivity index (χ0v) is 16.6. The van der Waals surface area contributed by atoms with Gasteiger partial charge in [0.15, 0.2) is 18.9 Å². The lowest BCUT2D eigenvalue weighted by Gasteiger charge is -2.17. The van der Waals surface area contributed by atoms with Crippen molar-refractivity contribution in [2.45, 2.75) is 18.9 Å². The molecular weight excluding hydrogens is 360 g/mol. The van der Waals surface area contributed by atoms with Crippen LogP contribution in [0.2, 0.25) is 0 Å². The molecule has 0 bridgehead atoms. The van der Waals surface area contributed by atoms with E-state index in [4.69, 9.17) is 28.4 Å². The van der Waals surface area contributed by atoms with E-state index in [0.717, 1.165) is 0 Å². The first-order valence-corrected chi connectivity index (χ1v) is 8.24. The number of aromatic nitrogens is 3. The van der Waals surface area contributed by atoms with Gasteiger partial charge in [-0.2, -0.15) is 15.0 Å². The number of nitrogens with one attached hydrogen (secondary N) is 3. The highest BCUT2D eigenvalue weighted by Gasteiger charge is 2.13. The topological polar surface area (TPSA) is 130 Å². The van der Waals surface area contributed by atoms with Gasteiger partial charge in [-0.05, 0) is 0 Å². The molecule has 0 radical (unpaired) electrons. The van der Waals surface area contributed by atoms with Crippen molar-refractivity contribution in [3.05, 3.63) is 0 Å². The van der Waals surface area contributed by atoms with Crippen LogP contribution in [0.3, 0.4) is 0 Å². The fraction of sp³-hybridized carbons (Fsp3) is 0.800. The van der Waals surface area contributed by atoms with Gasteiger partial charge in [0.1, 0.15) is 0 Å². The number of ether oxygens (including phenoxy) is 6. The van der Waals surface area contributed by atoms with E-state index in [1.54, 1.807) is 42.7 Å². The van der Waals surface area contributed by atoms with E-state index in [1.165, 1.54) is 0 Å². The van der Waals surface area contributed by atoms with E-state index in [-0.39, 0.29) is 0 Å². The van der Waals surface area contributed by atoms with E-state index >= 15 is 0 Å². The lowest BCUT2D eigenvalue weighted by molar-refractivity contribution is -0.0915. The molecule has 0 aliphatic heterocycles. The number of anilines is 3. The standard InChI is InChI=1S/C15H30N6O6/c1-22-10(23-2)7-16-13-19-14(17-8-11(24-3)25-4)21-15(20-13)18-9-12(26-5)27-6/h10-12H,7-9H2,1-6H3,(H3,16,17,18,19,20,21). The van der Waals surface area contributed by atoms with Crippen LogP contribution in [0.5, 0.6) is 0 Å². The van der Waals surface area contributed by atoms with Crippen LogP contribution < -0.4 is 16.0 Å². The lowest BCUT2D eigenvalue weighted by Crippen LogP contribution is -2.27. The minimum atomic E-state index is -0.438. The van der Waals surface area contributed by atoms with Crippen LogP contribution in [0, 0.1) is 0 Å². The fourth-order valence-corrected chi connectivity index (χ4v) is 1.93. The Morgan fingerprint density at radius 3 is 0.926 bits per heavy atom. The molecule has 1 aromatic rings. The van der Waals surface area contributed by atoms with Crippen molar-refractivity contribution in [1.29, 1.82) is 0 Å². The molecular formula is C15H30N6O6. The number of rotatable bonds is 15. The summed E-state index contributed by atoms with van der Waals surface area (Å²) in [7, 11) is 9.30. The maximum Gasteiger partial charge on any atom is 0.229 e. The maximum absolute atomic E-state index is 5.14. The zero-order valence-electron chi connectivity index (χ0n) is 16.6. The Morgan fingerprint density at radius 2 is 0.741 bits per heavy atom. The molecule has 12 heteroatoms. The second-order valence-electron chi connectivity index (χ2n) is 5.15. The first-order valence-electron chi connectivity index (χ1n) is 8.24. The van der Waals surface area contributed by atoms with Crippen LogP contribution in [0.1, 0.15) is 0 Å². The van der Waals surface area contributed by atoms with Gasteiger partial charge in [-0.3, -0.25) is 0 Å². The highest BCUT2D eigenvalue weighted by molar-refractivity contribution is 5.42. The van der Waals surface area contributed by atoms with Crippen LogP contribution in [-0.2, 0) is 28.4 Å². The summed E-state index contributed by atoms with van der Waals surface area (Å²) >= 11 is 0. The Kier molecular flexibility index (Phi) is 11.5. The number of hydrogen-bond acceptors (Lipinski definition) is 12. The number of hydrogen-bond donors (Lipinski definition) is 3. The lowest BCUT2D eigenvalue weighted by atomic mass is 10.6. The second kappa shape index (κ2) is 13.4. The predicted molar refractivity (Wildman–Crippen MR) is 98.7 cm³/mol. The van der Waals surface area contributed by atoms with Gasteiger partial charge in [0, 0.05) is 42.7 Å². The van der Waals surface area contributed by atoms with Crippen LogP contribution >= 0.6 is 0 Å². The molecule has 0 saturated carbocycles. The summed E-state index contributed by atoms with van der Waals surface area (Å²) in [6.07, 6.45) is -1.31. The first-order chi connectivity index (χ1) is 13.1. The minimum Gasteiger partial charge on any atom is -0.354 e. The molecule has 0 amide bonds. The Bertz CT molecular complexity index is 430. The van der Waals surface area contributed by atoms with Gasteiger partial charge < -0.3 is 44.4 Å². The summed E-state index contributed by atoms with van der Waals surface area (Å²) in [5, 5.41) is 9.12. The molecule has 156 valence electrons. The summed E-state index contributed by atoms with van der Waals surface area (Å²) < 4.78 is 30.9. The highest BCUT2D eigenvalue weighted by Crippen LogP contribution is 2.11. The van der Waals surface area contributed by atoms with E-state index in [0.29, 0.717) is 37.5 Å². The molecule has 0 aliphatic rings. The Morgan fingerprint density at radius 1 is 0.519 bits per heavy atom. The molecule has 0 fully saturated rings. The second-order valence-corrected chi connectivity index (χ2v) is 5.15. The molecule has 1 heterocycles. The van der Waals surface area contributed by atoms with Gasteiger partial charge in [-0.1, -0.05) is 0 Å². The average molecular weight is 390 g/mol. The molecule has 1 aromatic heterocycles. The number of nitrogens with zero attached hydrogens (tertiary/aromatic N) is 3. The van der Waals surface area contributed by atoms with E-state index in [2.05, 4.69) is 30.9 Å². The van der Waals surface area contributed by atoms with Gasteiger partial charge in [0.05, 0.1) is 19.6 Å². The predicted octanol–water partition coefficient (Wildman–Crippen LogP) is -0.0360. The van der Waals surface area contributed by atoms with Crippen molar-refractivity contribution >= 4 is 17.8 Å². The SMILES string of the molecule is COC(CNc1nc(NCC(OC)OC)nc(NCC(OC)OC)n1)OC. The van der Waals surface area contributed by atoms with Gasteiger partial charge in [0.25, 0.3) is 0 Å². The number of methoxy groups -OCH3 is 6. The summed E-state index contributed by atoms with van der Waals surface area (Å²) in [6, 6.07) is 0. The van der Waals surface area contributed by atoms with Crippen molar-refractivity contribution in [1.82, 2.24) is 15.0 Å². The molecule has 3 N–H and O–H groups in total. The van der Waals surface area contributed by atoms with E-state index in [1.807, 2.05) is 0 Å². The van der Waals surface area contributed by atoms with Crippen LogP contribution in [0.25, 0.3) is 0 Å². The Hall–Kier alpha value is -1.83. The average Bonchev–Trinajstić information content (AvgIpc) is 2.70. The maximum atomic E-state index is 5.14. The van der Waals surface area contributed by atoms with Crippen molar-refractivity contribution in [2.24, 2.45) is 0 Å². The molecule has 0 spiro atoms. The van der Waals surface area contributed by atoms with Crippen molar-refractivity contribution in [3.63, 3.8) is 0 Å². The highest BCUT2D eigenvalue weighted by atomic mass is 16.7. The van der Waals surface area contributed by atoms with Crippen molar-refractivity contribution in [3.8, 4) is 0 Å². The normalized spacial score (nSPS) is 11.4. The Balaban J connectivity index is 2.85. The molecule has 0 aliphatic carbocycles. The third kappa shape index (κ3) is 8.60. The minimum absolute atomic E-state index is 0.340. The molecule has 0 atom stereocenters. The summed E-state index contributed by atoms with van der Waals surface area (Å²) in [6.45, 7) is 1.06.